The van der Waals surface area contributed by atoms with E-state index in [1.54, 1.807) is 16.7 Å². The second-order valence-electron chi connectivity index (χ2n) is 7.51. The van der Waals surface area contributed by atoms with Crippen molar-refractivity contribution in [2.24, 2.45) is 5.92 Å². The number of alkyl halides is 3. The van der Waals surface area contributed by atoms with Crippen molar-refractivity contribution < 1.29 is 31.1 Å². The fraction of sp³-hybridized carbons (Fsp3) is 0.381. The first-order valence-corrected chi connectivity index (χ1v) is 12.5. The average Bonchev–Trinajstić information content (AvgIpc) is 2.77. The Morgan fingerprint density at radius 2 is 1.75 bits per heavy atom. The molecule has 0 atom stereocenters. The molecule has 1 saturated heterocycles. The molecule has 6 nitrogen and oxygen atoms in total. The van der Waals surface area contributed by atoms with Crippen LogP contribution in [0.1, 0.15) is 12.8 Å². The van der Waals surface area contributed by atoms with Gasteiger partial charge in [-0.25, -0.2) is 8.42 Å². The molecule has 4 rings (SSSR count). The molecular formula is C21H21F3N2O4S2. The van der Waals surface area contributed by atoms with E-state index >= 15 is 0 Å². The molecule has 2 aromatic rings. The highest BCUT2D eigenvalue weighted by Crippen LogP contribution is 2.36. The second kappa shape index (κ2) is 8.95. The molecule has 2 aliphatic heterocycles. The standard InChI is InChI=1S/C21H21F3N2O4S2/c22-21(23,24)30-16-4-3-5-17(14-16)32(28,29)25-10-8-15(9-11-25)20(27)26-12-13-31-19-7-2-1-6-18(19)26/h1-7,14-15H,8-13H2. The Labute approximate surface area is 188 Å². The number of hydrogen-bond donors (Lipinski definition) is 0. The summed E-state index contributed by atoms with van der Waals surface area (Å²) in [7, 11) is -4.01. The third-order valence-corrected chi connectivity index (χ3v) is 8.41. The molecule has 0 spiro atoms. The number of para-hydroxylation sites is 1. The van der Waals surface area contributed by atoms with Gasteiger partial charge in [0.2, 0.25) is 15.9 Å². The van der Waals surface area contributed by atoms with Crippen molar-refractivity contribution in [2.45, 2.75) is 29.0 Å². The van der Waals surface area contributed by atoms with Gasteiger partial charge in [0, 0.05) is 42.3 Å². The molecule has 1 fully saturated rings. The van der Waals surface area contributed by atoms with Crippen molar-refractivity contribution >= 4 is 33.4 Å². The largest absolute Gasteiger partial charge is 0.573 e. The highest BCUT2D eigenvalue weighted by atomic mass is 32.2. The molecule has 0 saturated carbocycles. The third kappa shape index (κ3) is 4.89. The van der Waals surface area contributed by atoms with E-state index in [0.29, 0.717) is 19.4 Å². The molecule has 11 heteroatoms. The first-order valence-electron chi connectivity index (χ1n) is 10.0. The van der Waals surface area contributed by atoms with Gasteiger partial charge in [-0.3, -0.25) is 4.79 Å². The Hall–Kier alpha value is -2.24. The van der Waals surface area contributed by atoms with Gasteiger partial charge in [-0.1, -0.05) is 18.2 Å². The van der Waals surface area contributed by atoms with Crippen LogP contribution in [-0.4, -0.2) is 50.4 Å². The summed E-state index contributed by atoms with van der Waals surface area (Å²) in [5, 5.41) is 0. The maximum atomic E-state index is 13.1. The number of rotatable bonds is 4. The smallest absolute Gasteiger partial charge is 0.406 e. The number of nitrogens with zero attached hydrogens (tertiary/aromatic N) is 2. The van der Waals surface area contributed by atoms with Crippen LogP contribution in [0, 0.1) is 5.92 Å². The van der Waals surface area contributed by atoms with Gasteiger partial charge in [0.25, 0.3) is 0 Å². The van der Waals surface area contributed by atoms with Gasteiger partial charge in [-0.2, -0.15) is 4.31 Å². The van der Waals surface area contributed by atoms with Crippen molar-refractivity contribution in [3.05, 3.63) is 48.5 Å². The summed E-state index contributed by atoms with van der Waals surface area (Å²) < 4.78 is 68.3. The van der Waals surface area contributed by atoms with Crippen LogP contribution >= 0.6 is 11.8 Å². The topological polar surface area (TPSA) is 66.9 Å². The molecule has 0 aromatic heterocycles. The van der Waals surface area contributed by atoms with E-state index < -0.39 is 22.1 Å². The van der Waals surface area contributed by atoms with E-state index in [-0.39, 0.29) is 29.8 Å². The first kappa shape index (κ1) is 22.9. The van der Waals surface area contributed by atoms with E-state index in [9.17, 15) is 26.4 Å². The van der Waals surface area contributed by atoms with Crippen molar-refractivity contribution in [1.29, 1.82) is 0 Å². The lowest BCUT2D eigenvalue weighted by molar-refractivity contribution is -0.274. The maximum absolute atomic E-state index is 13.1. The van der Waals surface area contributed by atoms with Crippen LogP contribution in [0.3, 0.4) is 0 Å². The Bertz CT molecular complexity index is 1100. The normalized spacial score (nSPS) is 18.3. The number of sulfonamides is 1. The summed E-state index contributed by atoms with van der Waals surface area (Å²) in [6.07, 6.45) is -4.21. The molecule has 0 aliphatic carbocycles. The van der Waals surface area contributed by atoms with Crippen LogP contribution in [-0.2, 0) is 14.8 Å². The molecular weight excluding hydrogens is 465 g/mol. The number of amides is 1. The van der Waals surface area contributed by atoms with E-state index in [1.165, 1.54) is 16.4 Å². The van der Waals surface area contributed by atoms with E-state index in [4.69, 9.17) is 0 Å². The second-order valence-corrected chi connectivity index (χ2v) is 10.6. The average molecular weight is 487 g/mol. The zero-order valence-corrected chi connectivity index (χ0v) is 18.5. The number of ether oxygens (including phenoxy) is 1. The van der Waals surface area contributed by atoms with E-state index in [1.807, 2.05) is 24.3 Å². The number of fused-ring (bicyclic) bond motifs is 1. The number of carbonyl (C=O) groups excluding carboxylic acids is 1. The minimum absolute atomic E-state index is 0.0182. The molecule has 172 valence electrons. The molecule has 0 radical (unpaired) electrons. The van der Waals surface area contributed by atoms with Gasteiger partial charge in [-0.15, -0.1) is 24.9 Å². The predicted octanol–water partition coefficient (Wildman–Crippen LogP) is 4.12. The van der Waals surface area contributed by atoms with Crippen molar-refractivity contribution in [1.82, 2.24) is 4.31 Å². The third-order valence-electron chi connectivity index (χ3n) is 5.47. The number of hydrogen-bond acceptors (Lipinski definition) is 5. The van der Waals surface area contributed by atoms with Crippen molar-refractivity contribution in [3.63, 3.8) is 0 Å². The van der Waals surface area contributed by atoms with Crippen LogP contribution < -0.4 is 9.64 Å². The van der Waals surface area contributed by atoms with Crippen LogP contribution in [0.2, 0.25) is 0 Å². The van der Waals surface area contributed by atoms with Crippen LogP contribution in [0.4, 0.5) is 18.9 Å². The lowest BCUT2D eigenvalue weighted by Crippen LogP contribution is -2.45. The van der Waals surface area contributed by atoms with Crippen molar-refractivity contribution in [3.8, 4) is 5.75 Å². The monoisotopic (exact) mass is 486 g/mol. The predicted molar refractivity (Wildman–Crippen MR) is 114 cm³/mol. The Morgan fingerprint density at radius 1 is 1.03 bits per heavy atom. The highest BCUT2D eigenvalue weighted by Gasteiger charge is 2.36. The zero-order valence-electron chi connectivity index (χ0n) is 16.9. The fourth-order valence-corrected chi connectivity index (χ4v) is 6.44. The van der Waals surface area contributed by atoms with Crippen molar-refractivity contribution in [2.75, 3.05) is 30.3 Å². The molecule has 0 N–H and O–H groups in total. The molecule has 0 unspecified atom stereocenters. The maximum Gasteiger partial charge on any atom is 0.573 e. The molecule has 2 aliphatic rings. The van der Waals surface area contributed by atoms with Crippen LogP contribution in [0.25, 0.3) is 0 Å². The number of benzene rings is 2. The fourth-order valence-electron chi connectivity index (χ4n) is 3.94. The minimum Gasteiger partial charge on any atom is -0.406 e. The highest BCUT2D eigenvalue weighted by molar-refractivity contribution is 7.99. The molecule has 0 bridgehead atoms. The van der Waals surface area contributed by atoms with Gasteiger partial charge in [0.1, 0.15) is 5.75 Å². The summed E-state index contributed by atoms with van der Waals surface area (Å²) in [5.41, 5.74) is 0.880. The number of anilines is 1. The SMILES string of the molecule is O=C(C1CCN(S(=O)(=O)c2cccc(OC(F)(F)F)c2)CC1)N1CCSc2ccccc21. The summed E-state index contributed by atoms with van der Waals surface area (Å²) in [4.78, 5) is 15.7. The Balaban J connectivity index is 1.44. The molecule has 32 heavy (non-hydrogen) atoms. The molecule has 2 aromatic carbocycles. The molecule has 2 heterocycles. The summed E-state index contributed by atoms with van der Waals surface area (Å²) >= 11 is 1.70. The van der Waals surface area contributed by atoms with Gasteiger partial charge in [0.05, 0.1) is 10.6 Å². The van der Waals surface area contributed by atoms with Crippen LogP contribution in [0.5, 0.6) is 5.75 Å². The van der Waals surface area contributed by atoms with Gasteiger partial charge >= 0.3 is 6.36 Å². The Morgan fingerprint density at radius 3 is 2.47 bits per heavy atom. The summed E-state index contributed by atoms with van der Waals surface area (Å²) in [6, 6.07) is 12.1. The van der Waals surface area contributed by atoms with E-state index in [0.717, 1.165) is 28.5 Å². The molecule has 1 amide bonds. The van der Waals surface area contributed by atoms with Crippen LogP contribution in [0.15, 0.2) is 58.3 Å². The number of thioether (sulfide) groups is 1. The summed E-state index contributed by atoms with van der Waals surface area (Å²) in [6.45, 7) is 0.839. The minimum atomic E-state index is -4.91. The lowest BCUT2D eigenvalue weighted by atomic mass is 9.96. The lowest BCUT2D eigenvalue weighted by Gasteiger charge is -2.35. The quantitative estimate of drug-likeness (QED) is 0.650. The number of piperidine rings is 1. The number of carbonyl (C=O) groups is 1. The van der Waals surface area contributed by atoms with Gasteiger partial charge < -0.3 is 9.64 Å². The first-order chi connectivity index (χ1) is 15.1. The summed E-state index contributed by atoms with van der Waals surface area (Å²) in [5.74, 6) is -0.120. The van der Waals surface area contributed by atoms with E-state index in [2.05, 4.69) is 4.74 Å². The van der Waals surface area contributed by atoms with Gasteiger partial charge in [-0.05, 0) is 37.1 Å². The Kier molecular flexibility index (Phi) is 6.42. The number of halogens is 3. The zero-order chi connectivity index (χ0) is 22.9. The van der Waals surface area contributed by atoms with Gasteiger partial charge in [0.15, 0.2) is 0 Å².